The van der Waals surface area contributed by atoms with Crippen LogP contribution in [0.3, 0.4) is 0 Å². The van der Waals surface area contributed by atoms with E-state index in [4.69, 9.17) is 15.0 Å². The molecule has 0 atom stereocenters. The zero-order valence-corrected chi connectivity index (χ0v) is 14.7. The van der Waals surface area contributed by atoms with Gasteiger partial charge in [-0.25, -0.2) is 4.68 Å². The van der Waals surface area contributed by atoms with Gasteiger partial charge in [0.2, 0.25) is 0 Å². The molecular formula is C17H20ClN5O2. The van der Waals surface area contributed by atoms with Crippen LogP contribution in [0, 0.1) is 0 Å². The van der Waals surface area contributed by atoms with Gasteiger partial charge in [-0.05, 0) is 38.3 Å². The van der Waals surface area contributed by atoms with Gasteiger partial charge >= 0.3 is 0 Å². The maximum Gasteiger partial charge on any atom is 0.282 e. The van der Waals surface area contributed by atoms with Crippen LogP contribution in [0.5, 0.6) is 5.75 Å². The van der Waals surface area contributed by atoms with E-state index in [-0.39, 0.29) is 12.4 Å². The largest absolute Gasteiger partial charge is 0.490 e. The lowest BCUT2D eigenvalue weighted by atomic mass is 9.77. The third-order valence-electron chi connectivity index (χ3n) is 4.32. The van der Waals surface area contributed by atoms with Crippen molar-refractivity contribution in [2.45, 2.75) is 31.7 Å². The fourth-order valence-electron chi connectivity index (χ4n) is 2.78. The number of nitrogens with two attached hydrogens (primary N) is 1. The quantitative estimate of drug-likeness (QED) is 0.750. The van der Waals surface area contributed by atoms with E-state index in [1.807, 2.05) is 43.5 Å². The molecule has 0 bridgehead atoms. The lowest BCUT2D eigenvalue weighted by Crippen LogP contribution is -2.44. The summed E-state index contributed by atoms with van der Waals surface area (Å²) in [7, 11) is 0. The predicted octanol–water partition coefficient (Wildman–Crippen LogP) is 3.08. The topological polar surface area (TPSA) is 92.0 Å². The molecule has 0 unspecified atom stereocenters. The minimum Gasteiger partial charge on any atom is -0.490 e. The highest BCUT2D eigenvalue weighted by molar-refractivity contribution is 5.85. The second kappa shape index (κ2) is 6.85. The number of hydrogen-bond donors (Lipinski definition) is 1. The Kier molecular flexibility index (Phi) is 4.78. The van der Waals surface area contributed by atoms with Gasteiger partial charge in [-0.15, -0.1) is 12.4 Å². The molecule has 3 aromatic rings. The van der Waals surface area contributed by atoms with Crippen LogP contribution in [0.1, 0.15) is 32.0 Å². The van der Waals surface area contributed by atoms with Gasteiger partial charge in [0.25, 0.3) is 5.89 Å². The summed E-state index contributed by atoms with van der Waals surface area (Å²) >= 11 is 0. The first-order chi connectivity index (χ1) is 11.7. The van der Waals surface area contributed by atoms with Gasteiger partial charge in [-0.1, -0.05) is 23.4 Å². The highest BCUT2D eigenvalue weighted by atomic mass is 35.5. The number of rotatable bonds is 5. The summed E-state index contributed by atoms with van der Waals surface area (Å²) in [5.41, 5.74) is 7.26. The first-order valence-corrected chi connectivity index (χ1v) is 8.11. The number of halogens is 1. The molecule has 132 valence electrons. The molecule has 0 radical (unpaired) electrons. The molecular weight excluding hydrogens is 342 g/mol. The van der Waals surface area contributed by atoms with Crippen LogP contribution in [-0.2, 0) is 5.54 Å². The van der Waals surface area contributed by atoms with Crippen molar-refractivity contribution in [2.24, 2.45) is 5.73 Å². The zero-order chi connectivity index (χ0) is 16.6. The summed E-state index contributed by atoms with van der Waals surface area (Å²) < 4.78 is 12.8. The van der Waals surface area contributed by atoms with E-state index in [1.54, 1.807) is 4.68 Å². The first kappa shape index (κ1) is 17.4. The summed E-state index contributed by atoms with van der Waals surface area (Å²) in [6.07, 6.45) is 4.66. The Bertz CT molecular complexity index is 842. The van der Waals surface area contributed by atoms with Crippen LogP contribution < -0.4 is 10.5 Å². The Labute approximate surface area is 151 Å². The second-order valence-electron chi connectivity index (χ2n) is 5.99. The fraction of sp³-hybridized carbons (Fsp3) is 0.353. The summed E-state index contributed by atoms with van der Waals surface area (Å²) in [5, 5.41) is 8.62. The summed E-state index contributed by atoms with van der Waals surface area (Å²) in [4.78, 5) is 4.47. The van der Waals surface area contributed by atoms with Crippen LogP contribution >= 0.6 is 12.4 Å². The number of hydrogen-bond acceptors (Lipinski definition) is 6. The highest BCUT2D eigenvalue weighted by Crippen LogP contribution is 2.38. The van der Waals surface area contributed by atoms with Gasteiger partial charge in [0.05, 0.1) is 24.0 Å². The zero-order valence-electron chi connectivity index (χ0n) is 13.9. The second-order valence-corrected chi connectivity index (χ2v) is 5.99. The number of ether oxygens (including phenoxy) is 1. The van der Waals surface area contributed by atoms with Crippen LogP contribution in [0.25, 0.3) is 17.3 Å². The van der Waals surface area contributed by atoms with Crippen LogP contribution in [0.15, 0.2) is 41.1 Å². The number of nitrogens with zero attached hydrogens (tertiary/aromatic N) is 4. The Morgan fingerprint density at radius 2 is 2.04 bits per heavy atom. The molecule has 8 heteroatoms. The highest BCUT2D eigenvalue weighted by Gasteiger charge is 2.39. The summed E-state index contributed by atoms with van der Waals surface area (Å²) in [6.45, 7) is 2.45. The molecule has 4 rings (SSSR count). The molecule has 1 fully saturated rings. The molecule has 25 heavy (non-hydrogen) atoms. The average Bonchev–Trinajstić information content (AvgIpc) is 3.21. The van der Waals surface area contributed by atoms with Crippen LogP contribution in [-0.4, -0.2) is 26.5 Å². The Balaban J connectivity index is 0.00000182. The summed E-state index contributed by atoms with van der Waals surface area (Å²) in [6, 6.07) is 9.80. The summed E-state index contributed by atoms with van der Waals surface area (Å²) in [5.74, 6) is 1.48. The minimum atomic E-state index is -0.463. The number of benzene rings is 1. The number of para-hydroxylation sites is 1. The van der Waals surface area contributed by atoms with E-state index >= 15 is 0 Å². The molecule has 0 spiro atoms. The van der Waals surface area contributed by atoms with Gasteiger partial charge in [0, 0.05) is 0 Å². The molecule has 1 saturated carbocycles. The van der Waals surface area contributed by atoms with E-state index in [0.29, 0.717) is 29.8 Å². The SMILES string of the molecule is CCOc1cn(-c2ccccc2)nc1-c1nc(C2(N)CCC2)no1.Cl. The van der Waals surface area contributed by atoms with Crippen molar-refractivity contribution < 1.29 is 9.26 Å². The Morgan fingerprint density at radius 3 is 2.68 bits per heavy atom. The van der Waals surface area contributed by atoms with Gasteiger partial charge < -0.3 is 15.0 Å². The van der Waals surface area contributed by atoms with Gasteiger partial charge in [-0.2, -0.15) is 10.1 Å². The van der Waals surface area contributed by atoms with Crippen molar-refractivity contribution in [3.8, 4) is 23.0 Å². The fourth-order valence-corrected chi connectivity index (χ4v) is 2.78. The van der Waals surface area contributed by atoms with Crippen LogP contribution in [0.4, 0.5) is 0 Å². The average molecular weight is 362 g/mol. The van der Waals surface area contributed by atoms with Crippen molar-refractivity contribution in [3.05, 3.63) is 42.4 Å². The lowest BCUT2D eigenvalue weighted by molar-refractivity contribution is 0.229. The van der Waals surface area contributed by atoms with Gasteiger partial charge in [0.15, 0.2) is 17.3 Å². The molecule has 0 aliphatic heterocycles. The van der Waals surface area contributed by atoms with E-state index in [9.17, 15) is 0 Å². The molecule has 2 aromatic heterocycles. The van der Waals surface area contributed by atoms with Gasteiger partial charge in [-0.3, -0.25) is 0 Å². The van der Waals surface area contributed by atoms with Crippen molar-refractivity contribution in [2.75, 3.05) is 6.61 Å². The minimum absolute atomic E-state index is 0. The Hall–Kier alpha value is -2.38. The maximum atomic E-state index is 6.27. The third kappa shape index (κ3) is 3.12. The normalized spacial score (nSPS) is 15.3. The van der Waals surface area contributed by atoms with Gasteiger partial charge in [0.1, 0.15) is 0 Å². The van der Waals surface area contributed by atoms with E-state index in [2.05, 4.69) is 15.2 Å². The van der Waals surface area contributed by atoms with Crippen molar-refractivity contribution in [1.29, 1.82) is 0 Å². The van der Waals surface area contributed by atoms with Crippen molar-refractivity contribution in [1.82, 2.24) is 19.9 Å². The molecule has 1 aromatic carbocycles. The molecule has 1 aliphatic carbocycles. The monoisotopic (exact) mass is 361 g/mol. The van der Waals surface area contributed by atoms with E-state index < -0.39 is 5.54 Å². The predicted molar refractivity (Wildman–Crippen MR) is 95.0 cm³/mol. The van der Waals surface area contributed by atoms with Crippen LogP contribution in [0.2, 0.25) is 0 Å². The van der Waals surface area contributed by atoms with Crippen molar-refractivity contribution >= 4 is 12.4 Å². The van der Waals surface area contributed by atoms with E-state index in [0.717, 1.165) is 24.9 Å². The number of aromatic nitrogens is 4. The maximum absolute atomic E-state index is 6.27. The molecule has 2 N–H and O–H groups in total. The standard InChI is InChI=1S/C17H19N5O2.ClH/c1-2-23-13-11-22(12-7-4-3-5-8-12)20-14(13)15-19-16(21-24-15)17(18)9-6-10-17;/h3-5,7-8,11H,2,6,9-10,18H2,1H3;1H. The lowest BCUT2D eigenvalue weighted by Gasteiger charge is -2.34. The van der Waals surface area contributed by atoms with E-state index in [1.165, 1.54) is 0 Å². The molecule has 0 amide bonds. The molecule has 0 saturated heterocycles. The Morgan fingerprint density at radius 1 is 1.28 bits per heavy atom. The first-order valence-electron chi connectivity index (χ1n) is 8.11. The van der Waals surface area contributed by atoms with Crippen molar-refractivity contribution in [3.63, 3.8) is 0 Å². The molecule has 2 heterocycles. The molecule has 7 nitrogen and oxygen atoms in total. The smallest absolute Gasteiger partial charge is 0.282 e. The molecule has 1 aliphatic rings. The third-order valence-corrected chi connectivity index (χ3v) is 4.32.